The Labute approximate surface area is 334 Å². The van der Waals surface area contributed by atoms with Crippen LogP contribution in [0.5, 0.6) is 0 Å². The Kier molecular flexibility index (Phi) is 10.4. The van der Waals surface area contributed by atoms with Gasteiger partial charge in [0, 0.05) is 35.1 Å². The Hall–Kier alpha value is -5.67. The topological polar surface area (TPSA) is 168 Å². The molecule has 0 bridgehead atoms. The second-order valence-corrected chi connectivity index (χ2v) is 18.1. The Morgan fingerprint density at radius 1 is 0.643 bits per heavy atom. The summed E-state index contributed by atoms with van der Waals surface area (Å²) in [6.45, 7) is 6.25. The highest BCUT2D eigenvalue weighted by Gasteiger charge is 2.22. The molecule has 0 aliphatic heterocycles. The van der Waals surface area contributed by atoms with Crippen LogP contribution in [0.25, 0.3) is 44.1 Å². The van der Waals surface area contributed by atoms with Gasteiger partial charge >= 0.3 is 0 Å². The van der Waals surface area contributed by atoms with E-state index >= 15 is 0 Å². The number of nitrogens with zero attached hydrogens (tertiary/aromatic N) is 4. The van der Waals surface area contributed by atoms with Crippen LogP contribution >= 0.6 is 23.2 Å². The molecule has 0 unspecified atom stereocenters. The summed E-state index contributed by atoms with van der Waals surface area (Å²) in [7, 11) is -5.93. The SMILES string of the molecule is CC(C)(C)c1ccc(S(=O)(=O)Nc2n[nH]c3cc(Cl)c(-c4ccccc4)cc23)cc1.Cn1cnc(S(=O)(=O)Nc2n[nH]c3cc(Cl)c(-c4ccccc4)cc23)c1. The van der Waals surface area contributed by atoms with Crippen molar-refractivity contribution in [1.82, 2.24) is 29.9 Å². The van der Waals surface area contributed by atoms with E-state index in [9.17, 15) is 16.8 Å². The molecule has 0 aliphatic carbocycles. The summed E-state index contributed by atoms with van der Waals surface area (Å²) < 4.78 is 57.5. The standard InChI is InChI=1S/C23H22ClN3O2S.C17H14ClN5O2S/c1-23(2,3)16-9-11-17(12-10-16)30(28,29)27-22-19-13-18(15-7-5-4-6-8-15)20(24)14-21(19)25-26-22;1-23-9-16(19-10-23)26(24,25)22-17-13-7-12(11-5-3-2-4-6-11)14(18)8-15(13)20-21-17/h4-14H,1-3H3,(H2,25,26,27);2-10H,1H3,(H2,20,21,22). The number of benzene rings is 5. The minimum absolute atomic E-state index is 0.0543. The third-order valence-corrected chi connectivity index (χ3v) is 12.1. The molecule has 8 aromatic rings. The third-order valence-electron chi connectivity index (χ3n) is 8.92. The lowest BCUT2D eigenvalue weighted by atomic mass is 9.87. The fourth-order valence-electron chi connectivity index (χ4n) is 5.94. The molecule has 16 heteroatoms. The lowest BCUT2D eigenvalue weighted by Crippen LogP contribution is -2.15. The van der Waals surface area contributed by atoms with Crippen LogP contribution in [0.2, 0.25) is 10.0 Å². The Balaban J connectivity index is 0.000000173. The highest BCUT2D eigenvalue weighted by molar-refractivity contribution is 7.93. The van der Waals surface area contributed by atoms with E-state index in [1.165, 1.54) is 12.5 Å². The number of aromatic amines is 2. The molecule has 4 N–H and O–H groups in total. The van der Waals surface area contributed by atoms with Gasteiger partial charge in [-0.2, -0.15) is 18.6 Å². The van der Waals surface area contributed by atoms with Crippen molar-refractivity contribution in [1.29, 1.82) is 0 Å². The Morgan fingerprint density at radius 3 is 1.54 bits per heavy atom. The predicted molar refractivity (Wildman–Crippen MR) is 223 cm³/mol. The maximum atomic E-state index is 12.9. The van der Waals surface area contributed by atoms with Gasteiger partial charge in [0.05, 0.1) is 32.3 Å². The van der Waals surface area contributed by atoms with Gasteiger partial charge < -0.3 is 4.57 Å². The van der Waals surface area contributed by atoms with E-state index < -0.39 is 20.0 Å². The van der Waals surface area contributed by atoms with Gasteiger partial charge in [0.1, 0.15) is 0 Å². The van der Waals surface area contributed by atoms with Crippen molar-refractivity contribution in [2.24, 2.45) is 7.05 Å². The molecule has 3 heterocycles. The van der Waals surface area contributed by atoms with Crippen molar-refractivity contribution >= 4 is 76.7 Å². The van der Waals surface area contributed by atoms with E-state index in [1.54, 1.807) is 35.9 Å². The van der Waals surface area contributed by atoms with E-state index in [4.69, 9.17) is 23.2 Å². The minimum atomic E-state index is -3.84. The molecule has 8 rings (SSSR count). The van der Waals surface area contributed by atoms with Crippen LogP contribution in [0.4, 0.5) is 11.6 Å². The number of aromatic nitrogens is 6. The quantitative estimate of drug-likeness (QED) is 0.118. The van der Waals surface area contributed by atoms with Gasteiger partial charge in [-0.05, 0) is 58.5 Å². The maximum Gasteiger partial charge on any atom is 0.282 e. The number of nitrogens with one attached hydrogen (secondary N) is 4. The fourth-order valence-corrected chi connectivity index (χ4v) is 8.51. The van der Waals surface area contributed by atoms with E-state index in [0.717, 1.165) is 27.8 Å². The summed E-state index contributed by atoms with van der Waals surface area (Å²) in [5.41, 5.74) is 5.76. The van der Waals surface area contributed by atoms with Crippen LogP contribution in [0.3, 0.4) is 0 Å². The molecular weight excluding hydrogens is 792 g/mol. The van der Waals surface area contributed by atoms with Gasteiger partial charge in [0.15, 0.2) is 16.7 Å². The lowest BCUT2D eigenvalue weighted by molar-refractivity contribution is 0.587. The largest absolute Gasteiger partial charge is 0.339 e. The molecule has 5 aromatic carbocycles. The smallest absolute Gasteiger partial charge is 0.282 e. The number of hydrogen-bond donors (Lipinski definition) is 4. The molecule has 0 fully saturated rings. The molecular formula is C40H36Cl2N8O4S2. The highest BCUT2D eigenvalue weighted by Crippen LogP contribution is 2.36. The van der Waals surface area contributed by atoms with E-state index in [1.807, 2.05) is 84.9 Å². The normalized spacial score (nSPS) is 12.0. The van der Waals surface area contributed by atoms with Crippen molar-refractivity contribution in [3.8, 4) is 22.3 Å². The van der Waals surface area contributed by atoms with Gasteiger partial charge in [-0.25, -0.2) is 13.4 Å². The fraction of sp³-hybridized carbons (Fsp3) is 0.125. The first-order valence-electron chi connectivity index (χ1n) is 17.2. The van der Waals surface area contributed by atoms with Gasteiger partial charge in [0.25, 0.3) is 20.0 Å². The summed E-state index contributed by atoms with van der Waals surface area (Å²) in [4.78, 5) is 4.06. The third kappa shape index (κ3) is 8.14. The van der Waals surface area contributed by atoms with Gasteiger partial charge in [-0.3, -0.25) is 19.6 Å². The molecule has 0 radical (unpaired) electrons. The molecule has 0 spiro atoms. The van der Waals surface area contributed by atoms with Crippen LogP contribution < -0.4 is 9.44 Å². The van der Waals surface area contributed by atoms with Crippen molar-refractivity contribution in [3.63, 3.8) is 0 Å². The van der Waals surface area contributed by atoms with Crippen molar-refractivity contribution < 1.29 is 16.8 Å². The predicted octanol–water partition coefficient (Wildman–Crippen LogP) is 9.40. The lowest BCUT2D eigenvalue weighted by Gasteiger charge is -2.19. The summed E-state index contributed by atoms with van der Waals surface area (Å²) >= 11 is 12.8. The summed E-state index contributed by atoms with van der Waals surface area (Å²) in [6.07, 6.45) is 2.84. The molecule has 0 aliphatic rings. The summed E-state index contributed by atoms with van der Waals surface area (Å²) in [6, 6.07) is 33.3. The average Bonchev–Trinajstić information content (AvgIpc) is 3.90. The summed E-state index contributed by atoms with van der Waals surface area (Å²) in [5.74, 6) is 0.429. The molecule has 0 atom stereocenters. The molecule has 0 amide bonds. The minimum Gasteiger partial charge on any atom is -0.339 e. The maximum absolute atomic E-state index is 12.9. The summed E-state index contributed by atoms with van der Waals surface area (Å²) in [5, 5.41) is 16.2. The highest BCUT2D eigenvalue weighted by atomic mass is 35.5. The zero-order chi connectivity index (χ0) is 39.8. The number of H-pyrrole nitrogens is 2. The molecule has 56 heavy (non-hydrogen) atoms. The first-order chi connectivity index (χ1) is 26.6. The first kappa shape index (κ1) is 38.6. The van der Waals surface area contributed by atoms with E-state index in [-0.39, 0.29) is 27.0 Å². The molecule has 0 saturated heterocycles. The molecule has 0 saturated carbocycles. The number of sulfonamides is 2. The van der Waals surface area contributed by atoms with Crippen molar-refractivity contribution in [3.05, 3.63) is 137 Å². The van der Waals surface area contributed by atoms with Gasteiger partial charge in [-0.1, -0.05) is 117 Å². The van der Waals surface area contributed by atoms with E-state index in [0.29, 0.717) is 31.9 Å². The Bertz CT molecular complexity index is 2910. The van der Waals surface area contributed by atoms with Crippen LogP contribution in [-0.2, 0) is 32.5 Å². The average molecular weight is 828 g/mol. The zero-order valence-electron chi connectivity index (χ0n) is 30.5. The number of hydrogen-bond acceptors (Lipinski definition) is 7. The second-order valence-electron chi connectivity index (χ2n) is 14.0. The van der Waals surface area contributed by atoms with E-state index in [2.05, 4.69) is 55.6 Å². The number of imidazole rings is 1. The number of anilines is 2. The number of rotatable bonds is 8. The molecule has 286 valence electrons. The first-order valence-corrected chi connectivity index (χ1v) is 20.9. The monoisotopic (exact) mass is 826 g/mol. The number of aryl methyl sites for hydroxylation is 1. The number of fused-ring (bicyclic) bond motifs is 2. The van der Waals surface area contributed by atoms with Crippen molar-refractivity contribution in [2.75, 3.05) is 9.44 Å². The van der Waals surface area contributed by atoms with Gasteiger partial charge in [-0.15, -0.1) is 0 Å². The zero-order valence-corrected chi connectivity index (χ0v) is 33.7. The van der Waals surface area contributed by atoms with Gasteiger partial charge in [0.2, 0.25) is 0 Å². The number of halogens is 2. The molecule has 3 aromatic heterocycles. The Morgan fingerprint density at radius 2 is 1.11 bits per heavy atom. The van der Waals surface area contributed by atoms with Crippen LogP contribution in [0, 0.1) is 0 Å². The van der Waals surface area contributed by atoms with Crippen molar-refractivity contribution in [2.45, 2.75) is 36.1 Å². The molecule has 12 nitrogen and oxygen atoms in total. The van der Waals surface area contributed by atoms with Crippen LogP contribution in [0.1, 0.15) is 26.3 Å². The van der Waals surface area contributed by atoms with Crippen LogP contribution in [-0.4, -0.2) is 46.8 Å². The van der Waals surface area contributed by atoms with Crippen LogP contribution in [0.15, 0.2) is 132 Å². The second kappa shape index (κ2) is 15.1.